The van der Waals surface area contributed by atoms with Gasteiger partial charge in [0.25, 0.3) is 0 Å². The Morgan fingerprint density at radius 2 is 1.36 bits per heavy atom. The molecule has 0 radical (unpaired) electrons. The fourth-order valence-corrected chi connectivity index (χ4v) is 5.89. The molecule has 0 heterocycles. The molecule has 0 saturated carbocycles. The molecule has 0 amide bonds. The summed E-state index contributed by atoms with van der Waals surface area (Å²) in [4.78, 5) is 46.6. The molecule has 4 atom stereocenters. The molecule has 0 bridgehead atoms. The zero-order valence-electron chi connectivity index (χ0n) is 26.0. The van der Waals surface area contributed by atoms with E-state index in [4.69, 9.17) is 9.47 Å². The molecule has 2 N–H and O–H groups in total. The van der Waals surface area contributed by atoms with Crippen LogP contribution in [0.15, 0.2) is 47.6 Å². The maximum atomic E-state index is 11.9. The third-order valence-corrected chi connectivity index (χ3v) is 7.84. The number of carbonyl (C=O) groups is 4. The van der Waals surface area contributed by atoms with Gasteiger partial charge in [-0.05, 0) is 41.7 Å². The SMILES string of the molecule is CCCCCCC[C@@H]1[C@@H](/C(=C/C=C/C(=O)O)COC(C)=O)[C@@H](/C=C/C(=O)O)C(COC(C)=O)=C[C@H]1CCCCCCC. The molecule has 42 heavy (non-hydrogen) atoms. The molecule has 1 aliphatic rings. The average molecular weight is 589 g/mol. The lowest BCUT2D eigenvalue weighted by Crippen LogP contribution is -2.37. The predicted octanol–water partition coefficient (Wildman–Crippen LogP) is 7.45. The number of allylic oxidation sites excluding steroid dienone is 4. The Bertz CT molecular complexity index is 974. The quantitative estimate of drug-likeness (QED) is 0.0465. The topological polar surface area (TPSA) is 127 Å². The number of carbonyl (C=O) groups excluding carboxylic acids is 2. The molecule has 0 aromatic heterocycles. The second-order valence-corrected chi connectivity index (χ2v) is 11.2. The second-order valence-electron chi connectivity index (χ2n) is 11.2. The van der Waals surface area contributed by atoms with Crippen molar-refractivity contribution in [3.8, 4) is 0 Å². The Morgan fingerprint density at radius 1 is 0.786 bits per heavy atom. The van der Waals surface area contributed by atoms with Gasteiger partial charge in [-0.2, -0.15) is 0 Å². The van der Waals surface area contributed by atoms with E-state index in [-0.39, 0.29) is 31.0 Å². The number of carboxylic acid groups (broad SMARTS) is 2. The van der Waals surface area contributed by atoms with Crippen molar-refractivity contribution in [2.24, 2.45) is 23.7 Å². The maximum Gasteiger partial charge on any atom is 0.328 e. The number of hydrogen-bond acceptors (Lipinski definition) is 6. The fraction of sp³-hybridized carbons (Fsp3) is 0.647. The van der Waals surface area contributed by atoms with E-state index in [0.29, 0.717) is 5.57 Å². The summed E-state index contributed by atoms with van der Waals surface area (Å²) < 4.78 is 10.9. The van der Waals surface area contributed by atoms with Crippen LogP contribution < -0.4 is 0 Å². The van der Waals surface area contributed by atoms with E-state index in [9.17, 15) is 29.4 Å². The molecule has 1 aliphatic carbocycles. The normalized spacial score (nSPS) is 21.0. The van der Waals surface area contributed by atoms with Crippen molar-refractivity contribution in [3.05, 3.63) is 47.6 Å². The highest BCUT2D eigenvalue weighted by Crippen LogP contribution is 2.47. The highest BCUT2D eigenvalue weighted by Gasteiger charge is 2.40. The van der Waals surface area contributed by atoms with E-state index in [0.717, 1.165) is 75.5 Å². The minimum Gasteiger partial charge on any atom is -0.478 e. The monoisotopic (exact) mass is 588 g/mol. The standard InChI is InChI=1S/C34H52O8/c1-5-7-9-11-13-16-27-22-29(24-42-26(4)36)31(20-21-33(39)40)34(30(27)18-14-12-10-8-6-2)28(23-41-25(3)35)17-15-19-32(37)38/h15,17,19-22,27,30-31,34H,5-14,16,18,23-24H2,1-4H3,(H,37,38)(H,39,40)/b19-15+,21-20+,28-17+/t27-,30+,31+,34-/m1/s1. The van der Waals surface area contributed by atoms with Crippen molar-refractivity contribution in [2.45, 2.75) is 105 Å². The fourth-order valence-electron chi connectivity index (χ4n) is 5.89. The lowest BCUT2D eigenvalue weighted by Gasteiger charge is -2.43. The van der Waals surface area contributed by atoms with Crippen LogP contribution in [0.2, 0.25) is 0 Å². The molecule has 236 valence electrons. The molecule has 0 spiro atoms. The maximum absolute atomic E-state index is 11.9. The van der Waals surface area contributed by atoms with Gasteiger partial charge in [0, 0.05) is 31.9 Å². The van der Waals surface area contributed by atoms with Crippen LogP contribution in [-0.2, 0) is 28.7 Å². The summed E-state index contributed by atoms with van der Waals surface area (Å²) in [5.41, 5.74) is 1.52. The highest BCUT2D eigenvalue weighted by atomic mass is 16.5. The first-order valence-corrected chi connectivity index (χ1v) is 15.6. The third kappa shape index (κ3) is 15.2. The van der Waals surface area contributed by atoms with Gasteiger partial charge in [-0.3, -0.25) is 9.59 Å². The molecule has 0 unspecified atom stereocenters. The van der Waals surface area contributed by atoms with Crippen LogP contribution in [0.1, 0.15) is 105 Å². The second kappa shape index (κ2) is 21.5. The van der Waals surface area contributed by atoms with Gasteiger partial charge in [0.1, 0.15) is 13.2 Å². The summed E-state index contributed by atoms with van der Waals surface area (Å²) in [6.45, 7) is 7.02. The number of rotatable bonds is 21. The molecule has 8 nitrogen and oxygen atoms in total. The van der Waals surface area contributed by atoms with Gasteiger partial charge in [0.2, 0.25) is 0 Å². The van der Waals surface area contributed by atoms with Crippen LogP contribution in [0.25, 0.3) is 0 Å². The van der Waals surface area contributed by atoms with Crippen molar-refractivity contribution >= 4 is 23.9 Å². The summed E-state index contributed by atoms with van der Waals surface area (Å²) in [7, 11) is 0. The van der Waals surface area contributed by atoms with Gasteiger partial charge in [0.05, 0.1) is 0 Å². The van der Waals surface area contributed by atoms with Gasteiger partial charge < -0.3 is 19.7 Å². The van der Waals surface area contributed by atoms with E-state index in [2.05, 4.69) is 19.9 Å². The summed E-state index contributed by atoms with van der Waals surface area (Å²) in [5, 5.41) is 18.7. The van der Waals surface area contributed by atoms with Crippen molar-refractivity contribution in [2.75, 3.05) is 13.2 Å². The number of aliphatic carboxylic acids is 2. The largest absolute Gasteiger partial charge is 0.478 e. The average Bonchev–Trinajstić information content (AvgIpc) is 2.92. The Hall–Kier alpha value is -3.16. The number of ether oxygens (including phenoxy) is 2. The van der Waals surface area contributed by atoms with Gasteiger partial charge in [0.15, 0.2) is 0 Å². The highest BCUT2D eigenvalue weighted by molar-refractivity contribution is 5.80. The van der Waals surface area contributed by atoms with E-state index in [1.54, 1.807) is 12.2 Å². The summed E-state index contributed by atoms with van der Waals surface area (Å²) in [5.74, 6) is -3.55. The Balaban J connectivity index is 3.71. The van der Waals surface area contributed by atoms with E-state index in [1.807, 2.05) is 0 Å². The van der Waals surface area contributed by atoms with E-state index in [1.165, 1.54) is 39.2 Å². The Morgan fingerprint density at radius 3 is 1.90 bits per heavy atom. The van der Waals surface area contributed by atoms with Crippen molar-refractivity contribution in [1.82, 2.24) is 0 Å². The molecule has 1 rings (SSSR count). The van der Waals surface area contributed by atoms with Crippen molar-refractivity contribution < 1.29 is 38.9 Å². The van der Waals surface area contributed by atoms with E-state index >= 15 is 0 Å². The van der Waals surface area contributed by atoms with Crippen LogP contribution in [-0.4, -0.2) is 47.3 Å². The molecule has 0 fully saturated rings. The molecular weight excluding hydrogens is 536 g/mol. The first kappa shape index (κ1) is 36.9. The minimum atomic E-state index is -1.10. The summed E-state index contributed by atoms with van der Waals surface area (Å²) in [6.07, 6.45) is 22.1. The van der Waals surface area contributed by atoms with E-state index < -0.39 is 29.8 Å². The lowest BCUT2D eigenvalue weighted by molar-refractivity contribution is -0.141. The Kier molecular flexibility index (Phi) is 18.9. The molecule has 0 aromatic carbocycles. The number of hydrogen-bond donors (Lipinski definition) is 2. The molecule has 0 saturated heterocycles. The zero-order valence-corrected chi connectivity index (χ0v) is 26.0. The molecule has 0 aliphatic heterocycles. The summed E-state index contributed by atoms with van der Waals surface area (Å²) >= 11 is 0. The van der Waals surface area contributed by atoms with Crippen LogP contribution in [0, 0.1) is 23.7 Å². The summed E-state index contributed by atoms with van der Waals surface area (Å²) in [6, 6.07) is 0. The van der Waals surface area contributed by atoms with Gasteiger partial charge in [-0.25, -0.2) is 9.59 Å². The van der Waals surface area contributed by atoms with Gasteiger partial charge in [-0.1, -0.05) is 102 Å². The van der Waals surface area contributed by atoms with Crippen LogP contribution in [0.4, 0.5) is 0 Å². The molecule has 8 heteroatoms. The van der Waals surface area contributed by atoms with Crippen LogP contribution in [0.3, 0.4) is 0 Å². The molecule has 0 aromatic rings. The van der Waals surface area contributed by atoms with Crippen LogP contribution >= 0.6 is 0 Å². The third-order valence-electron chi connectivity index (χ3n) is 7.84. The van der Waals surface area contributed by atoms with Crippen molar-refractivity contribution in [1.29, 1.82) is 0 Å². The first-order chi connectivity index (χ1) is 20.1. The smallest absolute Gasteiger partial charge is 0.328 e. The molecular formula is C34H52O8. The lowest BCUT2D eigenvalue weighted by atomic mass is 9.62. The Labute approximate surface area is 251 Å². The first-order valence-electron chi connectivity index (χ1n) is 15.6. The minimum absolute atomic E-state index is 0.0296. The van der Waals surface area contributed by atoms with Gasteiger partial charge >= 0.3 is 23.9 Å². The predicted molar refractivity (Wildman–Crippen MR) is 164 cm³/mol. The van der Waals surface area contributed by atoms with Crippen LogP contribution in [0.5, 0.6) is 0 Å². The van der Waals surface area contributed by atoms with Crippen molar-refractivity contribution in [3.63, 3.8) is 0 Å². The number of carboxylic acids is 2. The van der Waals surface area contributed by atoms with Gasteiger partial charge in [-0.15, -0.1) is 0 Å². The zero-order chi connectivity index (χ0) is 31.3. The number of unbranched alkanes of at least 4 members (excludes halogenated alkanes) is 8. The number of esters is 2.